The number of fused-ring (bicyclic) bond motifs is 1. The zero-order chi connectivity index (χ0) is 34.9. The number of amides is 2. The molecule has 8 heteroatoms. The van der Waals surface area contributed by atoms with Gasteiger partial charge in [0.05, 0.1) is 31.5 Å². The number of anilines is 1. The first kappa shape index (κ1) is 33.7. The number of methoxy groups -OCH3 is 1. The number of hydrogen-bond donors (Lipinski definition) is 3. The van der Waals surface area contributed by atoms with Crippen molar-refractivity contribution >= 4 is 17.5 Å². The van der Waals surface area contributed by atoms with E-state index in [0.29, 0.717) is 43.0 Å². The van der Waals surface area contributed by atoms with Gasteiger partial charge in [-0.2, -0.15) is 0 Å². The van der Waals surface area contributed by atoms with Crippen LogP contribution in [-0.2, 0) is 4.74 Å². The van der Waals surface area contributed by atoms with E-state index < -0.39 is 22.5 Å². The van der Waals surface area contributed by atoms with Crippen LogP contribution in [0.4, 0.5) is 10.5 Å². The highest BCUT2D eigenvalue weighted by Crippen LogP contribution is 2.78. The molecule has 6 aliphatic carbocycles. The third kappa shape index (κ3) is 4.88. The molecule has 2 spiro atoms. The molecule has 2 aromatic rings. The summed E-state index contributed by atoms with van der Waals surface area (Å²) in [5.41, 5.74) is -0.567. The summed E-state index contributed by atoms with van der Waals surface area (Å²) in [4.78, 5) is 30.5. The van der Waals surface area contributed by atoms with Gasteiger partial charge in [-0.1, -0.05) is 62.4 Å². The van der Waals surface area contributed by atoms with Crippen LogP contribution in [-0.4, -0.2) is 71.5 Å². The minimum absolute atomic E-state index is 0.00474. The summed E-state index contributed by atoms with van der Waals surface area (Å²) < 4.78 is 11.3. The standard InChI is InChI=1S/C42H52N2O6/c1-38-18-15-30(45)24-40(38)21-22-42(33(25-40)36(46)28-8-5-4-6-9-28)34(38)16-19-39(2)35(42)17-20-41(39,48)27-44(26-32-10-7-23-50-32)37(47)43-29-11-13-31(49-3)14-12-29/h4-6,8-9,11-14,21-22,25,30,32,34-35,45,48H,7,10,15-20,23-24,26-27H2,1-3H3,(H,43,47). The number of carbonyl (C=O) groups excluding carboxylic acids is 2. The molecule has 9 rings (SSSR count). The first-order chi connectivity index (χ1) is 24.0. The summed E-state index contributed by atoms with van der Waals surface area (Å²) in [6.07, 6.45) is 13.6. The highest BCUT2D eigenvalue weighted by atomic mass is 16.5. The fraction of sp³-hybridized carbons (Fsp3) is 0.571. The van der Waals surface area contributed by atoms with Crippen molar-refractivity contribution in [3.05, 3.63) is 84.0 Å². The maximum Gasteiger partial charge on any atom is 0.322 e. The van der Waals surface area contributed by atoms with Crippen molar-refractivity contribution in [2.75, 3.05) is 32.1 Å². The zero-order valence-corrected chi connectivity index (χ0v) is 29.7. The highest BCUT2D eigenvalue weighted by molar-refractivity contribution is 6.10. The molecule has 7 aliphatic rings. The number of urea groups is 1. The van der Waals surface area contributed by atoms with E-state index in [-0.39, 0.29) is 47.1 Å². The van der Waals surface area contributed by atoms with Crippen LogP contribution < -0.4 is 10.1 Å². The minimum atomic E-state index is -1.17. The van der Waals surface area contributed by atoms with E-state index in [2.05, 4.69) is 37.4 Å². The second-order valence-electron chi connectivity index (χ2n) is 16.7. The van der Waals surface area contributed by atoms with Crippen molar-refractivity contribution in [1.29, 1.82) is 0 Å². The van der Waals surface area contributed by atoms with Gasteiger partial charge >= 0.3 is 6.03 Å². The van der Waals surface area contributed by atoms with Crippen molar-refractivity contribution in [1.82, 2.24) is 4.90 Å². The van der Waals surface area contributed by atoms with Gasteiger partial charge in [-0.15, -0.1) is 0 Å². The Morgan fingerprint density at radius 3 is 2.38 bits per heavy atom. The molecule has 266 valence electrons. The van der Waals surface area contributed by atoms with E-state index in [9.17, 15) is 19.8 Å². The molecule has 2 aromatic carbocycles. The second-order valence-corrected chi connectivity index (χ2v) is 16.7. The van der Waals surface area contributed by atoms with Crippen LogP contribution in [0, 0.1) is 33.5 Å². The number of allylic oxidation sites excluding steroid dienone is 4. The van der Waals surface area contributed by atoms with Gasteiger partial charge in [-0.05, 0) is 99.3 Å². The lowest BCUT2D eigenvalue weighted by Gasteiger charge is -2.71. The molecule has 3 N–H and O–H groups in total. The molecule has 1 heterocycles. The Morgan fingerprint density at radius 2 is 1.66 bits per heavy atom. The molecule has 9 atom stereocenters. The maximum atomic E-state index is 14.7. The molecule has 1 saturated heterocycles. The first-order valence-electron chi connectivity index (χ1n) is 18.7. The Hall–Kier alpha value is -3.46. The fourth-order valence-electron chi connectivity index (χ4n) is 11.8. The number of ketones is 1. The van der Waals surface area contributed by atoms with Gasteiger partial charge in [0, 0.05) is 46.2 Å². The number of hydrogen-bond acceptors (Lipinski definition) is 6. The molecule has 9 unspecified atom stereocenters. The van der Waals surface area contributed by atoms with E-state index in [1.807, 2.05) is 54.6 Å². The second kappa shape index (κ2) is 12.1. The first-order valence-corrected chi connectivity index (χ1v) is 18.7. The summed E-state index contributed by atoms with van der Waals surface area (Å²) in [5.74, 6) is 0.981. The number of benzene rings is 2. The maximum absolute atomic E-state index is 14.7. The van der Waals surface area contributed by atoms with Gasteiger partial charge in [-0.25, -0.2) is 4.79 Å². The topological polar surface area (TPSA) is 108 Å². The molecular formula is C42H52N2O6. The summed E-state index contributed by atoms with van der Waals surface area (Å²) in [7, 11) is 1.61. The van der Waals surface area contributed by atoms with Gasteiger partial charge < -0.3 is 29.9 Å². The van der Waals surface area contributed by atoms with Crippen LogP contribution in [0.5, 0.6) is 5.75 Å². The van der Waals surface area contributed by atoms with Crippen LogP contribution in [0.3, 0.4) is 0 Å². The number of aliphatic hydroxyl groups is 2. The minimum Gasteiger partial charge on any atom is -0.497 e. The number of aliphatic hydroxyl groups excluding tert-OH is 1. The van der Waals surface area contributed by atoms with Gasteiger partial charge in [0.2, 0.25) is 0 Å². The average Bonchev–Trinajstić information content (AvgIpc) is 3.73. The smallest absolute Gasteiger partial charge is 0.322 e. The largest absolute Gasteiger partial charge is 0.497 e. The number of nitrogens with zero attached hydrogens (tertiary/aromatic N) is 1. The number of Topliss-reactive ketones (excluding diaryl/α,β-unsaturated/α-hetero) is 1. The zero-order valence-electron chi connectivity index (χ0n) is 29.7. The lowest BCUT2D eigenvalue weighted by molar-refractivity contribution is -0.175. The monoisotopic (exact) mass is 680 g/mol. The third-order valence-electron chi connectivity index (χ3n) is 14.5. The Balaban J connectivity index is 1.16. The van der Waals surface area contributed by atoms with Crippen molar-refractivity contribution in [3.8, 4) is 5.75 Å². The summed E-state index contributed by atoms with van der Waals surface area (Å²) in [6.45, 7) is 5.90. The lowest BCUT2D eigenvalue weighted by atomic mass is 9.32. The predicted molar refractivity (Wildman–Crippen MR) is 192 cm³/mol. The quantitative estimate of drug-likeness (QED) is 0.201. The van der Waals surface area contributed by atoms with Gasteiger partial charge in [0.1, 0.15) is 5.75 Å². The molecule has 0 radical (unpaired) electrons. The lowest BCUT2D eigenvalue weighted by Crippen LogP contribution is -2.67. The van der Waals surface area contributed by atoms with E-state index in [1.54, 1.807) is 12.0 Å². The number of rotatable bonds is 8. The molecule has 2 bridgehead atoms. The number of ether oxygens (including phenoxy) is 2. The molecule has 1 aliphatic heterocycles. The van der Waals surface area contributed by atoms with Crippen LogP contribution in [0.2, 0.25) is 0 Å². The molecular weight excluding hydrogens is 628 g/mol. The Labute approximate surface area is 295 Å². The van der Waals surface area contributed by atoms with Crippen LogP contribution in [0.15, 0.2) is 78.4 Å². The Kier molecular flexibility index (Phi) is 8.12. The number of carbonyl (C=O) groups is 2. The third-order valence-corrected chi connectivity index (χ3v) is 14.5. The average molecular weight is 681 g/mol. The van der Waals surface area contributed by atoms with Crippen LogP contribution >= 0.6 is 0 Å². The van der Waals surface area contributed by atoms with Crippen LogP contribution in [0.1, 0.15) is 82.0 Å². The molecule has 4 fully saturated rings. The van der Waals surface area contributed by atoms with Crippen LogP contribution in [0.25, 0.3) is 0 Å². The van der Waals surface area contributed by atoms with Gasteiger partial charge in [0.25, 0.3) is 0 Å². The molecule has 3 saturated carbocycles. The van der Waals surface area contributed by atoms with E-state index in [4.69, 9.17) is 9.47 Å². The van der Waals surface area contributed by atoms with E-state index in [0.717, 1.165) is 50.5 Å². The van der Waals surface area contributed by atoms with Crippen molar-refractivity contribution in [2.24, 2.45) is 33.5 Å². The Bertz CT molecular complexity index is 1700. The highest BCUT2D eigenvalue weighted by Gasteiger charge is 2.74. The van der Waals surface area contributed by atoms with Gasteiger partial charge in [-0.3, -0.25) is 4.79 Å². The molecule has 50 heavy (non-hydrogen) atoms. The molecule has 0 aromatic heterocycles. The van der Waals surface area contributed by atoms with E-state index >= 15 is 0 Å². The van der Waals surface area contributed by atoms with Crippen molar-refractivity contribution in [2.45, 2.75) is 89.4 Å². The van der Waals surface area contributed by atoms with Gasteiger partial charge in [0.15, 0.2) is 5.78 Å². The van der Waals surface area contributed by atoms with Crippen molar-refractivity contribution < 1.29 is 29.3 Å². The fourth-order valence-corrected chi connectivity index (χ4v) is 11.8. The number of nitrogens with one attached hydrogen (secondary N) is 1. The molecule has 8 nitrogen and oxygen atoms in total. The predicted octanol–water partition coefficient (Wildman–Crippen LogP) is 7.18. The Morgan fingerprint density at radius 1 is 0.940 bits per heavy atom. The van der Waals surface area contributed by atoms with Crippen molar-refractivity contribution in [3.63, 3.8) is 0 Å². The SMILES string of the molecule is COc1ccc(NC(=O)N(CC2CCCO2)CC2(O)CCC3C45C=CC6(C=C4C(=O)c4ccccc4)CC(O)CCC6(C)C5CCC32C)cc1. The molecule has 2 amide bonds. The summed E-state index contributed by atoms with van der Waals surface area (Å²) in [6, 6.07) is 16.6. The van der Waals surface area contributed by atoms with E-state index in [1.165, 1.54) is 0 Å². The summed E-state index contributed by atoms with van der Waals surface area (Å²) in [5, 5.41) is 27.1. The summed E-state index contributed by atoms with van der Waals surface area (Å²) >= 11 is 0. The normalized spacial score (nSPS) is 39.6.